The molecule has 1 aromatic heterocycles. The van der Waals surface area contributed by atoms with E-state index in [2.05, 4.69) is 16.2 Å². The van der Waals surface area contributed by atoms with E-state index in [1.165, 1.54) is 4.90 Å². The maximum Gasteiger partial charge on any atom is 0.270 e. The molecule has 1 saturated heterocycles. The molecule has 1 aliphatic rings. The van der Waals surface area contributed by atoms with Crippen LogP contribution in [0.2, 0.25) is 0 Å². The van der Waals surface area contributed by atoms with Gasteiger partial charge in [0.15, 0.2) is 5.69 Å². The lowest BCUT2D eigenvalue weighted by atomic mass is 10.1. The van der Waals surface area contributed by atoms with Crippen molar-refractivity contribution in [3.63, 3.8) is 0 Å². The second kappa shape index (κ2) is 15.5. The Labute approximate surface area is 199 Å². The number of carbonyl (C=O) groups is 3. The van der Waals surface area contributed by atoms with E-state index in [1.54, 1.807) is 25.2 Å². The molecule has 180 valence electrons. The SMILES string of the molecule is C#Cc1cccc(-c2nc(C(N)=O)c(NC=O)s2)c1.CC.CN(C)C.CN1CCC(O)C1=O. The average Bonchev–Trinajstić information content (AvgIpc) is 3.34. The number of amides is 3. The highest BCUT2D eigenvalue weighted by atomic mass is 32.1. The number of nitrogens with two attached hydrogens (primary N) is 1. The molecule has 1 atom stereocenters. The second-order valence-electron chi connectivity index (χ2n) is 6.95. The fourth-order valence-corrected chi connectivity index (χ4v) is 3.23. The number of nitrogens with zero attached hydrogens (tertiary/aromatic N) is 3. The third kappa shape index (κ3) is 10.3. The molecule has 3 amide bonds. The number of rotatable bonds is 4. The second-order valence-corrected chi connectivity index (χ2v) is 7.95. The standard InChI is InChI=1S/C13H9N3O2S.C5H9NO2.C3H9N.C2H6/c1-2-8-4-3-5-9(6-8)12-16-10(11(14)18)13(19-12)15-7-17;1-6-3-2-4(7)5(6)8;1-4(2)3;1-2/h1,3-7H,(H2,14,18)(H,15,17);4,7H,2-3H2,1H3;1-3H3;1-2H3. The van der Waals surface area contributed by atoms with E-state index in [9.17, 15) is 14.4 Å². The molecule has 1 aromatic carbocycles. The van der Waals surface area contributed by atoms with Crippen molar-refractivity contribution in [2.24, 2.45) is 5.73 Å². The summed E-state index contributed by atoms with van der Waals surface area (Å²) in [6, 6.07) is 7.17. The first kappa shape index (κ1) is 29.7. The van der Waals surface area contributed by atoms with E-state index in [0.717, 1.165) is 16.9 Å². The van der Waals surface area contributed by atoms with Crippen molar-refractivity contribution in [3.05, 3.63) is 35.5 Å². The van der Waals surface area contributed by atoms with E-state index in [-0.39, 0.29) is 11.6 Å². The molecule has 0 spiro atoms. The molecule has 0 radical (unpaired) electrons. The highest BCUT2D eigenvalue weighted by molar-refractivity contribution is 7.19. The van der Waals surface area contributed by atoms with Gasteiger partial charge in [-0.1, -0.05) is 43.2 Å². The Kier molecular flexibility index (Phi) is 14.0. The molecule has 1 aliphatic heterocycles. The molecule has 1 fully saturated rings. The van der Waals surface area contributed by atoms with Gasteiger partial charge in [0, 0.05) is 24.7 Å². The number of aliphatic hydroxyl groups is 1. The third-order valence-corrected chi connectivity index (χ3v) is 4.76. The highest BCUT2D eigenvalue weighted by Gasteiger charge is 2.26. The summed E-state index contributed by atoms with van der Waals surface area (Å²) in [5, 5.41) is 12.1. The van der Waals surface area contributed by atoms with E-state index in [1.807, 2.05) is 46.0 Å². The van der Waals surface area contributed by atoms with Gasteiger partial charge in [0.1, 0.15) is 16.1 Å². The lowest BCUT2D eigenvalue weighted by molar-refractivity contribution is -0.133. The molecule has 2 aromatic rings. The minimum atomic E-state index is -0.722. The van der Waals surface area contributed by atoms with Gasteiger partial charge in [-0.3, -0.25) is 14.4 Å². The molecule has 4 N–H and O–H groups in total. The largest absolute Gasteiger partial charge is 0.383 e. The highest BCUT2D eigenvalue weighted by Crippen LogP contribution is 2.32. The molecular formula is C23H33N5O4S. The number of hydrogen-bond acceptors (Lipinski definition) is 7. The van der Waals surface area contributed by atoms with Crippen LogP contribution < -0.4 is 11.1 Å². The fraction of sp³-hybridized carbons (Fsp3) is 0.391. The zero-order valence-corrected chi connectivity index (χ0v) is 20.8. The van der Waals surface area contributed by atoms with Crippen molar-refractivity contribution in [1.29, 1.82) is 0 Å². The Morgan fingerprint density at radius 3 is 2.39 bits per heavy atom. The van der Waals surface area contributed by atoms with Gasteiger partial charge in [0.2, 0.25) is 6.41 Å². The van der Waals surface area contributed by atoms with Gasteiger partial charge in [0.05, 0.1) is 0 Å². The quantitative estimate of drug-likeness (QED) is 0.457. The number of likely N-dealkylation sites (tertiary alicyclic amines) is 1. The minimum Gasteiger partial charge on any atom is -0.383 e. The average molecular weight is 476 g/mol. The number of likely N-dealkylation sites (N-methyl/N-ethyl adjacent to an activating group) is 1. The number of benzene rings is 1. The van der Waals surface area contributed by atoms with Gasteiger partial charge in [-0.2, -0.15) is 0 Å². The van der Waals surface area contributed by atoms with Crippen molar-refractivity contribution < 1.29 is 19.5 Å². The number of carbonyl (C=O) groups excluding carboxylic acids is 3. The van der Waals surface area contributed by atoms with Crippen molar-refractivity contribution in [3.8, 4) is 22.9 Å². The first-order valence-corrected chi connectivity index (χ1v) is 11.0. The summed E-state index contributed by atoms with van der Waals surface area (Å²) in [5.41, 5.74) is 6.72. The Hall–Kier alpha value is -3.26. The van der Waals surface area contributed by atoms with Crippen LogP contribution in [0.1, 0.15) is 36.3 Å². The summed E-state index contributed by atoms with van der Waals surface area (Å²) in [6.07, 6.45) is 5.67. The van der Waals surface area contributed by atoms with Crippen molar-refractivity contribution >= 4 is 34.6 Å². The zero-order chi connectivity index (χ0) is 25.6. The summed E-state index contributed by atoms with van der Waals surface area (Å²) in [4.78, 5) is 40.0. The molecule has 10 heteroatoms. The van der Waals surface area contributed by atoms with Gasteiger partial charge >= 0.3 is 0 Å². The topological polar surface area (TPSA) is 129 Å². The van der Waals surface area contributed by atoms with Crippen LogP contribution in [0.5, 0.6) is 0 Å². The van der Waals surface area contributed by atoms with Gasteiger partial charge in [-0.15, -0.1) is 6.42 Å². The van der Waals surface area contributed by atoms with Crippen molar-refractivity contribution in [2.75, 3.05) is 40.1 Å². The number of terminal acetylenes is 1. The summed E-state index contributed by atoms with van der Waals surface area (Å²) in [7, 11) is 7.69. The summed E-state index contributed by atoms with van der Waals surface area (Å²) < 4.78 is 0. The lowest BCUT2D eigenvalue weighted by Crippen LogP contribution is -2.24. The van der Waals surface area contributed by atoms with Gasteiger partial charge < -0.3 is 26.0 Å². The number of aromatic nitrogens is 1. The monoisotopic (exact) mass is 475 g/mol. The summed E-state index contributed by atoms with van der Waals surface area (Å²) in [5.74, 6) is 1.68. The zero-order valence-electron chi connectivity index (χ0n) is 20.0. The first-order valence-electron chi connectivity index (χ1n) is 10.2. The predicted octanol–water partition coefficient (Wildman–Crippen LogP) is 1.87. The predicted molar refractivity (Wildman–Crippen MR) is 133 cm³/mol. The summed E-state index contributed by atoms with van der Waals surface area (Å²) in [6.45, 7) is 4.69. The molecule has 0 aliphatic carbocycles. The number of thiazole rings is 1. The van der Waals surface area contributed by atoms with Crippen molar-refractivity contribution in [2.45, 2.75) is 26.4 Å². The molecular weight excluding hydrogens is 442 g/mol. The molecule has 0 saturated carbocycles. The lowest BCUT2D eigenvalue weighted by Gasteiger charge is -2.04. The van der Waals surface area contributed by atoms with E-state index in [4.69, 9.17) is 17.3 Å². The van der Waals surface area contributed by atoms with E-state index >= 15 is 0 Å². The van der Waals surface area contributed by atoms with Crippen LogP contribution >= 0.6 is 11.3 Å². The molecule has 0 bridgehead atoms. The Bertz CT molecular complexity index is 938. The van der Waals surface area contributed by atoms with Crippen LogP contribution in [0.3, 0.4) is 0 Å². The maximum atomic E-state index is 11.2. The van der Waals surface area contributed by atoms with Gasteiger partial charge in [0.25, 0.3) is 11.8 Å². The van der Waals surface area contributed by atoms with Crippen LogP contribution in [-0.4, -0.2) is 79.0 Å². The van der Waals surface area contributed by atoms with Crippen LogP contribution in [0, 0.1) is 12.3 Å². The van der Waals surface area contributed by atoms with Gasteiger partial charge in [-0.25, -0.2) is 4.98 Å². The van der Waals surface area contributed by atoms with E-state index in [0.29, 0.717) is 34.9 Å². The number of aliphatic hydroxyl groups excluding tert-OH is 1. The number of primary amides is 1. The molecule has 1 unspecified atom stereocenters. The molecule has 2 heterocycles. The van der Waals surface area contributed by atoms with Crippen LogP contribution in [0.25, 0.3) is 10.6 Å². The van der Waals surface area contributed by atoms with Crippen LogP contribution in [-0.2, 0) is 9.59 Å². The number of anilines is 1. The molecule has 9 nitrogen and oxygen atoms in total. The molecule has 33 heavy (non-hydrogen) atoms. The normalized spacial score (nSPS) is 14.0. The van der Waals surface area contributed by atoms with Crippen LogP contribution in [0.4, 0.5) is 5.00 Å². The minimum absolute atomic E-state index is 0.0400. The molecule has 3 rings (SSSR count). The van der Waals surface area contributed by atoms with Gasteiger partial charge in [-0.05, 0) is 39.7 Å². The number of hydrogen-bond donors (Lipinski definition) is 3. The third-order valence-electron chi connectivity index (χ3n) is 3.73. The first-order chi connectivity index (χ1) is 15.6. The van der Waals surface area contributed by atoms with E-state index < -0.39 is 12.0 Å². The Morgan fingerprint density at radius 1 is 1.39 bits per heavy atom. The van der Waals surface area contributed by atoms with Crippen LogP contribution in [0.15, 0.2) is 24.3 Å². The number of nitrogens with one attached hydrogen (secondary N) is 1. The van der Waals surface area contributed by atoms with Crippen molar-refractivity contribution in [1.82, 2.24) is 14.8 Å². The fourth-order valence-electron chi connectivity index (χ4n) is 2.31. The Balaban J connectivity index is 0.000000603. The smallest absolute Gasteiger partial charge is 0.270 e. The Morgan fingerprint density at radius 2 is 2.00 bits per heavy atom. The maximum absolute atomic E-state index is 11.2. The summed E-state index contributed by atoms with van der Waals surface area (Å²) >= 11 is 1.16.